The number of rotatable bonds is 4. The zero-order valence-corrected chi connectivity index (χ0v) is 12.5. The fraction of sp³-hybridized carbons (Fsp3) is 0. The number of hydrogen-bond donors (Lipinski definition) is 3. The van der Waals surface area contributed by atoms with E-state index in [9.17, 15) is 4.79 Å². The summed E-state index contributed by atoms with van der Waals surface area (Å²) in [5.41, 5.74) is 9.57. The highest BCUT2D eigenvalue weighted by Gasteiger charge is 2.08. The fourth-order valence-corrected chi connectivity index (χ4v) is 2.22. The van der Waals surface area contributed by atoms with Crippen molar-refractivity contribution in [3.8, 4) is 0 Å². The van der Waals surface area contributed by atoms with Crippen LogP contribution >= 0.6 is 0 Å². The lowest BCUT2D eigenvalue weighted by Crippen LogP contribution is -2.12. The number of amides is 1. The van der Waals surface area contributed by atoms with E-state index in [2.05, 4.69) is 10.6 Å². The summed E-state index contributed by atoms with van der Waals surface area (Å²) in [4.78, 5) is 12.2. The van der Waals surface area contributed by atoms with Gasteiger partial charge in [0, 0.05) is 16.9 Å². The smallest absolute Gasteiger partial charge is 0.255 e. The Hall–Kier alpha value is -3.27. The molecule has 0 radical (unpaired) electrons. The summed E-state index contributed by atoms with van der Waals surface area (Å²) in [6.07, 6.45) is 0. The first-order valence-corrected chi connectivity index (χ1v) is 7.30. The van der Waals surface area contributed by atoms with Gasteiger partial charge in [0.05, 0.1) is 11.4 Å². The van der Waals surface area contributed by atoms with Crippen molar-refractivity contribution in [1.29, 1.82) is 0 Å². The lowest BCUT2D eigenvalue weighted by atomic mass is 10.1. The van der Waals surface area contributed by atoms with Crippen molar-refractivity contribution in [3.05, 3.63) is 84.4 Å². The number of carbonyl (C=O) groups excluding carboxylic acids is 1. The molecule has 0 bridgehead atoms. The molecule has 0 aliphatic heterocycles. The zero-order valence-electron chi connectivity index (χ0n) is 12.5. The third-order valence-electron chi connectivity index (χ3n) is 3.40. The first-order valence-electron chi connectivity index (χ1n) is 7.30. The van der Waals surface area contributed by atoms with Crippen LogP contribution in [0.5, 0.6) is 0 Å². The maximum atomic E-state index is 12.2. The molecular weight excluding hydrogens is 286 g/mol. The molecule has 0 atom stereocenters. The van der Waals surface area contributed by atoms with E-state index in [1.54, 1.807) is 12.1 Å². The third kappa shape index (κ3) is 3.68. The van der Waals surface area contributed by atoms with Crippen LogP contribution in [-0.4, -0.2) is 5.91 Å². The molecule has 0 unspecified atom stereocenters. The quantitative estimate of drug-likeness (QED) is 0.631. The van der Waals surface area contributed by atoms with Crippen LogP contribution in [0.4, 0.5) is 22.7 Å². The van der Waals surface area contributed by atoms with E-state index in [0.717, 1.165) is 17.1 Å². The maximum absolute atomic E-state index is 12.2. The van der Waals surface area contributed by atoms with Gasteiger partial charge in [0.25, 0.3) is 5.91 Å². The van der Waals surface area contributed by atoms with Crippen LogP contribution in [-0.2, 0) is 0 Å². The van der Waals surface area contributed by atoms with Crippen molar-refractivity contribution in [1.82, 2.24) is 0 Å². The second kappa shape index (κ2) is 6.66. The molecule has 3 aromatic carbocycles. The van der Waals surface area contributed by atoms with Crippen LogP contribution in [0.25, 0.3) is 0 Å². The van der Waals surface area contributed by atoms with Crippen molar-refractivity contribution in [2.75, 3.05) is 16.4 Å². The second-order valence-corrected chi connectivity index (χ2v) is 5.11. The summed E-state index contributed by atoms with van der Waals surface area (Å²) in [7, 11) is 0. The predicted molar refractivity (Wildman–Crippen MR) is 95.0 cm³/mol. The molecular formula is C19H17N3O. The summed E-state index contributed by atoms with van der Waals surface area (Å²) in [5, 5.41) is 6.07. The Bertz CT molecular complexity index is 801. The molecule has 1 amide bonds. The summed E-state index contributed by atoms with van der Waals surface area (Å²) >= 11 is 0. The topological polar surface area (TPSA) is 67.2 Å². The van der Waals surface area contributed by atoms with E-state index in [1.165, 1.54) is 0 Å². The van der Waals surface area contributed by atoms with Crippen LogP contribution < -0.4 is 16.4 Å². The first-order chi connectivity index (χ1) is 11.2. The number of carbonyl (C=O) groups is 1. The van der Waals surface area contributed by atoms with Crippen LogP contribution in [0, 0.1) is 0 Å². The second-order valence-electron chi connectivity index (χ2n) is 5.11. The van der Waals surface area contributed by atoms with E-state index in [1.807, 2.05) is 66.7 Å². The van der Waals surface area contributed by atoms with Crippen molar-refractivity contribution < 1.29 is 4.79 Å². The molecule has 0 heterocycles. The van der Waals surface area contributed by atoms with Gasteiger partial charge in [0.2, 0.25) is 0 Å². The van der Waals surface area contributed by atoms with Crippen LogP contribution in [0.1, 0.15) is 10.4 Å². The molecule has 23 heavy (non-hydrogen) atoms. The maximum Gasteiger partial charge on any atom is 0.255 e. The highest BCUT2D eigenvalue weighted by molar-refractivity contribution is 6.05. The Labute approximate surface area is 135 Å². The number of nitrogens with one attached hydrogen (secondary N) is 2. The Kier molecular flexibility index (Phi) is 4.25. The van der Waals surface area contributed by atoms with Crippen LogP contribution in [0.15, 0.2) is 78.9 Å². The monoisotopic (exact) mass is 303 g/mol. The molecule has 0 aliphatic rings. The van der Waals surface area contributed by atoms with Gasteiger partial charge in [-0.05, 0) is 42.5 Å². The van der Waals surface area contributed by atoms with Crippen molar-refractivity contribution >= 4 is 28.7 Å². The van der Waals surface area contributed by atoms with Gasteiger partial charge in [0.15, 0.2) is 0 Å². The molecule has 0 spiro atoms. The molecule has 4 nitrogen and oxygen atoms in total. The van der Waals surface area contributed by atoms with Crippen molar-refractivity contribution in [2.24, 2.45) is 0 Å². The Morgan fingerprint density at radius 3 is 2.00 bits per heavy atom. The summed E-state index contributed by atoms with van der Waals surface area (Å²) in [6, 6.07) is 24.3. The standard InChI is InChI=1S/C19H17N3O/c20-17-13-14(19(23)22-16-9-5-2-6-10-16)11-12-18(17)21-15-7-3-1-4-8-15/h1-13,21H,20H2,(H,22,23). The highest BCUT2D eigenvalue weighted by Crippen LogP contribution is 2.24. The van der Waals surface area contributed by atoms with Crippen molar-refractivity contribution in [2.45, 2.75) is 0 Å². The van der Waals surface area contributed by atoms with E-state index < -0.39 is 0 Å². The van der Waals surface area contributed by atoms with Crippen LogP contribution in [0.2, 0.25) is 0 Å². The van der Waals surface area contributed by atoms with E-state index >= 15 is 0 Å². The molecule has 4 heteroatoms. The van der Waals surface area contributed by atoms with E-state index in [4.69, 9.17) is 5.73 Å². The lowest BCUT2D eigenvalue weighted by Gasteiger charge is -2.11. The predicted octanol–water partition coefficient (Wildman–Crippen LogP) is 4.26. The summed E-state index contributed by atoms with van der Waals surface area (Å²) < 4.78 is 0. The number of anilines is 4. The molecule has 4 N–H and O–H groups in total. The number of nitrogens with two attached hydrogens (primary N) is 1. The molecule has 0 saturated carbocycles. The molecule has 0 saturated heterocycles. The summed E-state index contributed by atoms with van der Waals surface area (Å²) in [5.74, 6) is -0.186. The normalized spacial score (nSPS) is 10.1. The van der Waals surface area contributed by atoms with Gasteiger partial charge in [0.1, 0.15) is 0 Å². The minimum Gasteiger partial charge on any atom is -0.397 e. The summed E-state index contributed by atoms with van der Waals surface area (Å²) in [6.45, 7) is 0. The Morgan fingerprint density at radius 2 is 1.39 bits per heavy atom. The Morgan fingerprint density at radius 1 is 0.783 bits per heavy atom. The lowest BCUT2D eigenvalue weighted by molar-refractivity contribution is 0.102. The van der Waals surface area contributed by atoms with Gasteiger partial charge in [-0.1, -0.05) is 36.4 Å². The largest absolute Gasteiger partial charge is 0.397 e. The third-order valence-corrected chi connectivity index (χ3v) is 3.40. The van der Waals surface area contributed by atoms with Gasteiger partial charge in [-0.2, -0.15) is 0 Å². The minimum absolute atomic E-state index is 0.186. The fourth-order valence-electron chi connectivity index (χ4n) is 2.22. The van der Waals surface area contributed by atoms with E-state index in [0.29, 0.717) is 11.3 Å². The highest BCUT2D eigenvalue weighted by atomic mass is 16.1. The van der Waals surface area contributed by atoms with Gasteiger partial charge in [-0.15, -0.1) is 0 Å². The van der Waals surface area contributed by atoms with Gasteiger partial charge < -0.3 is 16.4 Å². The van der Waals surface area contributed by atoms with Gasteiger partial charge >= 0.3 is 0 Å². The van der Waals surface area contributed by atoms with Crippen molar-refractivity contribution in [3.63, 3.8) is 0 Å². The first kappa shape index (κ1) is 14.7. The zero-order chi connectivity index (χ0) is 16.1. The molecule has 0 fully saturated rings. The molecule has 0 aliphatic carbocycles. The average Bonchev–Trinajstić information content (AvgIpc) is 2.58. The average molecular weight is 303 g/mol. The number of para-hydroxylation sites is 2. The minimum atomic E-state index is -0.186. The molecule has 114 valence electrons. The number of benzene rings is 3. The van der Waals surface area contributed by atoms with E-state index in [-0.39, 0.29) is 5.91 Å². The number of nitrogen functional groups attached to an aromatic ring is 1. The molecule has 3 aromatic rings. The van der Waals surface area contributed by atoms with Gasteiger partial charge in [-0.3, -0.25) is 4.79 Å². The number of hydrogen-bond acceptors (Lipinski definition) is 3. The SMILES string of the molecule is Nc1cc(C(=O)Nc2ccccc2)ccc1Nc1ccccc1. The molecule has 3 rings (SSSR count). The van der Waals surface area contributed by atoms with Crippen LogP contribution in [0.3, 0.4) is 0 Å². The Balaban J connectivity index is 1.75. The molecule has 0 aromatic heterocycles. The van der Waals surface area contributed by atoms with Gasteiger partial charge in [-0.25, -0.2) is 0 Å².